The number of hydrogen-bond acceptors (Lipinski definition) is 4. The predicted octanol–water partition coefficient (Wildman–Crippen LogP) is 4.11. The number of para-hydroxylation sites is 2. The highest BCUT2D eigenvalue weighted by Crippen LogP contribution is 2.27. The first-order chi connectivity index (χ1) is 11.2. The third-order valence-corrected chi connectivity index (χ3v) is 3.68. The van der Waals surface area contributed by atoms with Crippen LogP contribution in [-0.4, -0.2) is 18.0 Å². The van der Waals surface area contributed by atoms with Crippen molar-refractivity contribution in [2.24, 2.45) is 0 Å². The van der Waals surface area contributed by atoms with E-state index in [-0.39, 0.29) is 5.91 Å². The molecule has 0 spiro atoms. The van der Waals surface area contributed by atoms with Crippen molar-refractivity contribution >= 4 is 39.8 Å². The van der Waals surface area contributed by atoms with E-state index in [9.17, 15) is 4.79 Å². The minimum Gasteiger partial charge on any atom is -0.321 e. The van der Waals surface area contributed by atoms with Gasteiger partial charge in [-0.1, -0.05) is 41.9 Å². The fourth-order valence-electron chi connectivity index (χ4n) is 2.28. The number of halogens is 1. The molecule has 0 fully saturated rings. The van der Waals surface area contributed by atoms with Gasteiger partial charge in [0.25, 0.3) is 5.91 Å². The molecular weight excluding hydrogens is 314 g/mol. The van der Waals surface area contributed by atoms with Crippen LogP contribution in [0.2, 0.25) is 5.02 Å². The van der Waals surface area contributed by atoms with Crippen LogP contribution in [0.15, 0.2) is 54.7 Å². The summed E-state index contributed by atoms with van der Waals surface area (Å²) < 4.78 is 0. The fraction of sp³-hybridized carbons (Fsp3) is 0.0588. The zero-order valence-corrected chi connectivity index (χ0v) is 13.1. The number of nitrogens with zero attached hydrogens (tertiary/aromatic N) is 1. The quantitative estimate of drug-likeness (QED) is 0.708. The standard InChI is InChI=1S/C17H14ClN3O2/c1-23-21-16-11-6-2-4-8-14(11)19-10-12(16)17(22)20-15-9-5-3-7-13(15)18/h2-10H,1H3,(H,19,21)(H,20,22). The lowest BCUT2D eigenvalue weighted by Gasteiger charge is -2.13. The molecule has 1 amide bonds. The lowest BCUT2D eigenvalue weighted by molar-refractivity contribution is 0.102. The Morgan fingerprint density at radius 1 is 1.13 bits per heavy atom. The highest BCUT2D eigenvalue weighted by molar-refractivity contribution is 6.34. The second-order valence-electron chi connectivity index (χ2n) is 4.80. The SMILES string of the molecule is CONc1c(C(=O)Nc2ccccc2Cl)cnc2ccccc12. The summed E-state index contributed by atoms with van der Waals surface area (Å²) in [7, 11) is 1.49. The van der Waals surface area contributed by atoms with Crippen LogP contribution in [0.5, 0.6) is 0 Å². The fourth-order valence-corrected chi connectivity index (χ4v) is 2.46. The van der Waals surface area contributed by atoms with Gasteiger partial charge in [0.2, 0.25) is 0 Å². The topological polar surface area (TPSA) is 63.2 Å². The number of carbonyl (C=O) groups is 1. The number of nitrogens with one attached hydrogen (secondary N) is 2. The van der Waals surface area contributed by atoms with Crippen LogP contribution >= 0.6 is 11.6 Å². The molecule has 3 aromatic rings. The van der Waals surface area contributed by atoms with Crippen molar-refractivity contribution in [1.29, 1.82) is 0 Å². The van der Waals surface area contributed by atoms with Gasteiger partial charge in [-0.2, -0.15) is 0 Å². The van der Waals surface area contributed by atoms with Gasteiger partial charge in [0, 0.05) is 11.6 Å². The second kappa shape index (κ2) is 6.64. The molecule has 0 aliphatic carbocycles. The zero-order valence-electron chi connectivity index (χ0n) is 12.3. The maximum Gasteiger partial charge on any atom is 0.259 e. The van der Waals surface area contributed by atoms with Crippen LogP contribution < -0.4 is 10.8 Å². The Morgan fingerprint density at radius 3 is 2.65 bits per heavy atom. The van der Waals surface area contributed by atoms with E-state index in [1.807, 2.05) is 24.3 Å². The molecule has 0 aliphatic heterocycles. The minimum atomic E-state index is -0.323. The number of aromatic nitrogens is 1. The van der Waals surface area contributed by atoms with Crippen LogP contribution in [0, 0.1) is 0 Å². The molecule has 0 atom stereocenters. The molecule has 0 aliphatic rings. The van der Waals surface area contributed by atoms with Crippen molar-refractivity contribution in [3.8, 4) is 0 Å². The molecule has 1 aromatic heterocycles. The van der Waals surface area contributed by atoms with E-state index < -0.39 is 0 Å². The molecule has 116 valence electrons. The average molecular weight is 328 g/mol. The van der Waals surface area contributed by atoms with E-state index in [0.29, 0.717) is 22.0 Å². The lowest BCUT2D eigenvalue weighted by atomic mass is 10.1. The predicted molar refractivity (Wildman–Crippen MR) is 91.8 cm³/mol. The molecule has 0 saturated carbocycles. The van der Waals surface area contributed by atoms with Crippen molar-refractivity contribution in [3.05, 3.63) is 65.3 Å². The molecule has 6 heteroatoms. The van der Waals surface area contributed by atoms with Crippen LogP contribution in [0.4, 0.5) is 11.4 Å². The molecule has 0 radical (unpaired) electrons. The van der Waals surface area contributed by atoms with Gasteiger partial charge in [0.1, 0.15) is 0 Å². The molecule has 0 bridgehead atoms. The number of amides is 1. The maximum absolute atomic E-state index is 12.6. The number of benzene rings is 2. The van der Waals surface area contributed by atoms with Crippen LogP contribution in [0.3, 0.4) is 0 Å². The van der Waals surface area contributed by atoms with Gasteiger partial charge in [-0.05, 0) is 18.2 Å². The monoisotopic (exact) mass is 327 g/mol. The van der Waals surface area contributed by atoms with Gasteiger partial charge < -0.3 is 5.32 Å². The molecule has 0 saturated heterocycles. The molecular formula is C17H14ClN3O2. The Labute approximate surface area is 138 Å². The van der Waals surface area contributed by atoms with Crippen LogP contribution in [0.25, 0.3) is 10.9 Å². The number of anilines is 2. The van der Waals surface area contributed by atoms with Crippen molar-refractivity contribution in [3.63, 3.8) is 0 Å². The van der Waals surface area contributed by atoms with E-state index in [0.717, 1.165) is 10.9 Å². The average Bonchev–Trinajstić information content (AvgIpc) is 2.57. The van der Waals surface area contributed by atoms with Crippen molar-refractivity contribution in [2.45, 2.75) is 0 Å². The van der Waals surface area contributed by atoms with Crippen molar-refractivity contribution in [2.75, 3.05) is 17.9 Å². The Morgan fingerprint density at radius 2 is 1.87 bits per heavy atom. The third kappa shape index (κ3) is 3.11. The third-order valence-electron chi connectivity index (χ3n) is 3.35. The van der Waals surface area contributed by atoms with Gasteiger partial charge in [-0.25, -0.2) is 0 Å². The summed E-state index contributed by atoms with van der Waals surface area (Å²) in [6, 6.07) is 14.5. The summed E-state index contributed by atoms with van der Waals surface area (Å²) in [6.07, 6.45) is 1.51. The van der Waals surface area contributed by atoms with Gasteiger partial charge in [-0.3, -0.25) is 20.1 Å². The number of hydrogen-bond donors (Lipinski definition) is 2. The molecule has 2 aromatic carbocycles. The molecule has 5 nitrogen and oxygen atoms in total. The summed E-state index contributed by atoms with van der Waals surface area (Å²) in [5.74, 6) is -0.323. The van der Waals surface area contributed by atoms with E-state index in [2.05, 4.69) is 15.8 Å². The van der Waals surface area contributed by atoms with Crippen molar-refractivity contribution in [1.82, 2.24) is 4.98 Å². The van der Waals surface area contributed by atoms with E-state index in [1.54, 1.807) is 24.3 Å². The first-order valence-electron chi connectivity index (χ1n) is 6.93. The Bertz CT molecular complexity index is 867. The van der Waals surface area contributed by atoms with E-state index >= 15 is 0 Å². The van der Waals surface area contributed by atoms with Gasteiger partial charge >= 0.3 is 0 Å². The normalized spacial score (nSPS) is 10.5. The summed E-state index contributed by atoms with van der Waals surface area (Å²) in [6.45, 7) is 0. The van der Waals surface area contributed by atoms with Gasteiger partial charge in [0.05, 0.1) is 34.6 Å². The Balaban J connectivity index is 2.03. The smallest absolute Gasteiger partial charge is 0.259 e. The van der Waals surface area contributed by atoms with Crippen LogP contribution in [-0.2, 0) is 4.84 Å². The van der Waals surface area contributed by atoms with Crippen LogP contribution in [0.1, 0.15) is 10.4 Å². The highest BCUT2D eigenvalue weighted by Gasteiger charge is 2.16. The number of fused-ring (bicyclic) bond motifs is 1. The molecule has 3 rings (SSSR count). The highest BCUT2D eigenvalue weighted by atomic mass is 35.5. The summed E-state index contributed by atoms with van der Waals surface area (Å²) in [5, 5.41) is 4.04. The molecule has 23 heavy (non-hydrogen) atoms. The van der Waals surface area contributed by atoms with Gasteiger partial charge in [-0.15, -0.1) is 0 Å². The number of rotatable bonds is 4. The van der Waals surface area contributed by atoms with E-state index in [1.165, 1.54) is 13.3 Å². The van der Waals surface area contributed by atoms with E-state index in [4.69, 9.17) is 16.4 Å². The second-order valence-corrected chi connectivity index (χ2v) is 5.21. The van der Waals surface area contributed by atoms with Crippen molar-refractivity contribution < 1.29 is 9.63 Å². The maximum atomic E-state index is 12.6. The largest absolute Gasteiger partial charge is 0.321 e. The Hall–Kier alpha value is -2.63. The Kier molecular flexibility index (Phi) is 4.41. The summed E-state index contributed by atoms with van der Waals surface area (Å²) in [4.78, 5) is 21.9. The summed E-state index contributed by atoms with van der Waals surface area (Å²) in [5.41, 5.74) is 4.99. The molecule has 0 unspecified atom stereocenters. The first-order valence-corrected chi connectivity index (χ1v) is 7.31. The molecule has 1 heterocycles. The number of carbonyl (C=O) groups excluding carboxylic acids is 1. The first kappa shape index (κ1) is 15.3. The lowest BCUT2D eigenvalue weighted by Crippen LogP contribution is -2.15. The van der Waals surface area contributed by atoms with Gasteiger partial charge in [0.15, 0.2) is 0 Å². The number of pyridine rings is 1. The molecule has 2 N–H and O–H groups in total. The minimum absolute atomic E-state index is 0.323. The zero-order chi connectivity index (χ0) is 16.2. The summed E-state index contributed by atoms with van der Waals surface area (Å²) >= 11 is 6.08.